The number of carbonyl (C=O) groups excluding carboxylic acids is 1. The van der Waals surface area contributed by atoms with Gasteiger partial charge in [-0.05, 0) is 51.3 Å². The minimum absolute atomic E-state index is 0.0902. The normalized spacial score (nSPS) is 12.4. The van der Waals surface area contributed by atoms with Gasteiger partial charge in [-0.3, -0.25) is 4.99 Å². The van der Waals surface area contributed by atoms with Crippen molar-refractivity contribution in [3.63, 3.8) is 0 Å². The van der Waals surface area contributed by atoms with Gasteiger partial charge in [0, 0.05) is 13.6 Å². The van der Waals surface area contributed by atoms with Crippen molar-refractivity contribution in [3.8, 4) is 5.75 Å². The highest BCUT2D eigenvalue weighted by Gasteiger charge is 2.20. The first-order valence-corrected chi connectivity index (χ1v) is 10.5. The van der Waals surface area contributed by atoms with Crippen molar-refractivity contribution in [1.82, 2.24) is 15.6 Å². The van der Waals surface area contributed by atoms with E-state index in [-0.39, 0.29) is 12.0 Å². The van der Waals surface area contributed by atoms with Gasteiger partial charge in [0.25, 0.3) is 0 Å². The van der Waals surface area contributed by atoms with Gasteiger partial charge in [-0.25, -0.2) is 9.78 Å². The van der Waals surface area contributed by atoms with Crippen molar-refractivity contribution in [2.75, 3.05) is 27.3 Å². The number of aryl methyl sites for hydroxylation is 2. The second-order valence-electron chi connectivity index (χ2n) is 6.61. The first-order valence-electron chi connectivity index (χ1n) is 9.64. The molecule has 0 bridgehead atoms. The average Bonchev–Trinajstić information content (AvgIpc) is 3.10. The molecule has 0 radical (unpaired) electrons. The van der Waals surface area contributed by atoms with E-state index in [2.05, 4.69) is 38.8 Å². The van der Waals surface area contributed by atoms with Gasteiger partial charge in [0.2, 0.25) is 0 Å². The van der Waals surface area contributed by atoms with E-state index in [0.29, 0.717) is 23.1 Å². The molecule has 0 spiro atoms. The van der Waals surface area contributed by atoms with Crippen LogP contribution in [-0.2, 0) is 11.2 Å². The van der Waals surface area contributed by atoms with E-state index >= 15 is 0 Å². The molecule has 0 aliphatic rings. The molecule has 158 valence electrons. The van der Waals surface area contributed by atoms with Crippen molar-refractivity contribution in [2.24, 2.45) is 4.99 Å². The first-order chi connectivity index (χ1) is 13.9. The number of benzene rings is 1. The molecule has 0 saturated carbocycles. The second kappa shape index (κ2) is 10.8. The maximum Gasteiger partial charge on any atom is 0.350 e. The van der Waals surface area contributed by atoms with Gasteiger partial charge in [0.05, 0.1) is 25.5 Å². The van der Waals surface area contributed by atoms with Crippen LogP contribution in [0.2, 0.25) is 0 Å². The molecule has 8 heteroatoms. The Bertz CT molecular complexity index is 864. The number of rotatable bonds is 8. The third-order valence-electron chi connectivity index (χ3n) is 4.40. The second-order valence-corrected chi connectivity index (χ2v) is 7.64. The van der Waals surface area contributed by atoms with Crippen LogP contribution in [-0.4, -0.2) is 44.2 Å². The zero-order valence-electron chi connectivity index (χ0n) is 18.0. The third kappa shape index (κ3) is 6.19. The minimum Gasteiger partial charge on any atom is -0.496 e. The summed E-state index contributed by atoms with van der Waals surface area (Å²) in [7, 11) is 3.42. The summed E-state index contributed by atoms with van der Waals surface area (Å²) >= 11 is 1.35. The van der Waals surface area contributed by atoms with Gasteiger partial charge >= 0.3 is 5.97 Å². The van der Waals surface area contributed by atoms with Crippen LogP contribution in [0.25, 0.3) is 0 Å². The van der Waals surface area contributed by atoms with Crippen LogP contribution >= 0.6 is 11.3 Å². The maximum absolute atomic E-state index is 12.0. The Morgan fingerprint density at radius 2 is 2.10 bits per heavy atom. The summed E-state index contributed by atoms with van der Waals surface area (Å²) in [6, 6.07) is 6.14. The lowest BCUT2D eigenvalue weighted by Crippen LogP contribution is -2.39. The predicted octanol–water partition coefficient (Wildman–Crippen LogP) is 3.41. The van der Waals surface area contributed by atoms with Crippen LogP contribution in [0.4, 0.5) is 0 Å². The highest BCUT2D eigenvalue weighted by molar-refractivity contribution is 7.13. The molecule has 0 amide bonds. The fourth-order valence-corrected chi connectivity index (χ4v) is 3.76. The number of methoxy groups -OCH3 is 1. The van der Waals surface area contributed by atoms with Crippen LogP contribution in [0.15, 0.2) is 23.2 Å². The van der Waals surface area contributed by atoms with Crippen LogP contribution in [0, 0.1) is 13.8 Å². The Balaban J connectivity index is 1.93. The molecule has 1 heterocycles. The molecule has 0 fully saturated rings. The molecule has 1 atom stereocenters. The zero-order chi connectivity index (χ0) is 21.4. The van der Waals surface area contributed by atoms with Crippen LogP contribution < -0.4 is 15.4 Å². The molecule has 2 aromatic rings. The molecular weight excluding hydrogens is 388 g/mol. The van der Waals surface area contributed by atoms with E-state index in [1.165, 1.54) is 16.9 Å². The number of nitrogens with one attached hydrogen (secondary N) is 2. The lowest BCUT2D eigenvalue weighted by atomic mass is 10.1. The summed E-state index contributed by atoms with van der Waals surface area (Å²) < 4.78 is 10.5. The number of thiazole rings is 1. The van der Waals surface area contributed by atoms with E-state index in [4.69, 9.17) is 9.47 Å². The molecule has 0 aliphatic carbocycles. The number of carbonyl (C=O) groups is 1. The average molecular weight is 419 g/mol. The van der Waals surface area contributed by atoms with Gasteiger partial charge in [0.1, 0.15) is 15.6 Å². The first kappa shape index (κ1) is 22.7. The number of aliphatic imine (C=N–C) groups is 1. The topological polar surface area (TPSA) is 84.8 Å². The van der Waals surface area contributed by atoms with Crippen LogP contribution in [0.3, 0.4) is 0 Å². The summed E-state index contributed by atoms with van der Waals surface area (Å²) in [5.41, 5.74) is 3.00. The van der Waals surface area contributed by atoms with Crippen molar-refractivity contribution < 1.29 is 14.3 Å². The Hall–Kier alpha value is -2.61. The standard InChI is InChI=1S/C21H30N4O3S/c1-7-28-20(26)18-14(3)24-19(29-18)15(4)25-21(22-5)23-11-10-16-9-8-13(2)17(12-16)27-6/h8-9,12,15H,7,10-11H2,1-6H3,(H2,22,23,25). The predicted molar refractivity (Wildman–Crippen MR) is 117 cm³/mol. The highest BCUT2D eigenvalue weighted by Crippen LogP contribution is 2.24. The van der Waals surface area contributed by atoms with Crippen molar-refractivity contribution in [3.05, 3.63) is 44.9 Å². The van der Waals surface area contributed by atoms with Crippen LogP contribution in [0.5, 0.6) is 5.75 Å². The fourth-order valence-electron chi connectivity index (χ4n) is 2.80. The molecule has 0 saturated heterocycles. The fraction of sp³-hybridized carbons (Fsp3) is 0.476. The highest BCUT2D eigenvalue weighted by atomic mass is 32.1. The summed E-state index contributed by atoms with van der Waals surface area (Å²) in [6.45, 7) is 8.71. The number of esters is 1. The number of nitrogens with zero attached hydrogens (tertiary/aromatic N) is 2. The Morgan fingerprint density at radius 3 is 2.76 bits per heavy atom. The number of guanidine groups is 1. The molecule has 1 aromatic heterocycles. The number of hydrogen-bond acceptors (Lipinski definition) is 6. The molecule has 2 N–H and O–H groups in total. The smallest absolute Gasteiger partial charge is 0.350 e. The van der Waals surface area contributed by atoms with E-state index in [1.807, 2.05) is 20.8 Å². The largest absolute Gasteiger partial charge is 0.496 e. The van der Waals surface area contributed by atoms with Gasteiger partial charge < -0.3 is 20.1 Å². The Morgan fingerprint density at radius 1 is 1.34 bits per heavy atom. The summed E-state index contributed by atoms with van der Waals surface area (Å²) in [4.78, 5) is 21.3. The maximum atomic E-state index is 12.0. The van der Waals surface area contributed by atoms with E-state index < -0.39 is 0 Å². The summed E-state index contributed by atoms with van der Waals surface area (Å²) in [5.74, 6) is 1.26. The van der Waals surface area contributed by atoms with Gasteiger partial charge in [-0.2, -0.15) is 0 Å². The third-order valence-corrected chi connectivity index (χ3v) is 5.72. The number of aromatic nitrogens is 1. The van der Waals surface area contributed by atoms with E-state index in [1.54, 1.807) is 21.1 Å². The van der Waals surface area contributed by atoms with Crippen molar-refractivity contribution in [1.29, 1.82) is 0 Å². The lowest BCUT2D eigenvalue weighted by molar-refractivity contribution is 0.0531. The van der Waals surface area contributed by atoms with Crippen LogP contribution in [0.1, 0.15) is 51.4 Å². The molecule has 1 aromatic carbocycles. The molecular formula is C21H30N4O3S. The lowest BCUT2D eigenvalue weighted by Gasteiger charge is -2.16. The molecule has 29 heavy (non-hydrogen) atoms. The van der Waals surface area contributed by atoms with Crippen molar-refractivity contribution in [2.45, 2.75) is 40.2 Å². The SMILES string of the molecule is CCOC(=O)c1sc(C(C)NC(=NC)NCCc2ccc(C)c(OC)c2)nc1C. The molecule has 0 aliphatic heterocycles. The van der Waals surface area contributed by atoms with E-state index in [0.717, 1.165) is 29.3 Å². The summed E-state index contributed by atoms with van der Waals surface area (Å²) in [6.07, 6.45) is 0.842. The Labute approximate surface area is 176 Å². The number of hydrogen-bond donors (Lipinski definition) is 2. The van der Waals surface area contributed by atoms with Gasteiger partial charge in [0.15, 0.2) is 5.96 Å². The summed E-state index contributed by atoms with van der Waals surface area (Å²) in [5, 5.41) is 7.46. The molecule has 7 nitrogen and oxygen atoms in total. The van der Waals surface area contributed by atoms with Gasteiger partial charge in [-0.15, -0.1) is 11.3 Å². The molecule has 1 unspecified atom stereocenters. The quantitative estimate of drug-likeness (QED) is 0.388. The Kier molecular flexibility index (Phi) is 8.45. The van der Waals surface area contributed by atoms with Crippen molar-refractivity contribution >= 4 is 23.3 Å². The number of ether oxygens (including phenoxy) is 2. The zero-order valence-corrected chi connectivity index (χ0v) is 18.8. The minimum atomic E-state index is -0.322. The monoisotopic (exact) mass is 418 g/mol. The van der Waals surface area contributed by atoms with Gasteiger partial charge in [-0.1, -0.05) is 12.1 Å². The van der Waals surface area contributed by atoms with E-state index in [9.17, 15) is 4.79 Å². The molecule has 2 rings (SSSR count).